The lowest BCUT2D eigenvalue weighted by molar-refractivity contribution is -0.145. The van der Waals surface area contributed by atoms with E-state index >= 15 is 0 Å². The zero-order valence-corrected chi connectivity index (χ0v) is 11.3. The summed E-state index contributed by atoms with van der Waals surface area (Å²) in [4.78, 5) is 11.3. The Bertz CT molecular complexity index is 414. The molecule has 0 unspecified atom stereocenters. The molecular weight excluding hydrogens is 289 g/mol. The van der Waals surface area contributed by atoms with E-state index in [1.165, 1.54) is 13.8 Å². The maximum atomic E-state index is 13.7. The van der Waals surface area contributed by atoms with Crippen LogP contribution in [0.1, 0.15) is 25.8 Å². The average molecular weight is 304 g/mol. The number of carboxylic acid groups (broad SMARTS) is 1. The number of alkyl halides is 1. The van der Waals surface area contributed by atoms with Crippen molar-refractivity contribution >= 4 is 21.9 Å². The van der Waals surface area contributed by atoms with E-state index in [0.717, 1.165) is 4.47 Å². The third-order valence-corrected chi connectivity index (χ3v) is 2.97. The fourth-order valence-corrected chi connectivity index (χ4v) is 1.98. The molecule has 3 nitrogen and oxygen atoms in total. The summed E-state index contributed by atoms with van der Waals surface area (Å²) in [5.41, 5.74) is 2.87. The molecule has 0 aliphatic carbocycles. The first-order valence-electron chi connectivity index (χ1n) is 5.12. The maximum absolute atomic E-state index is 13.7. The van der Waals surface area contributed by atoms with Crippen LogP contribution in [0.3, 0.4) is 0 Å². The Morgan fingerprint density at radius 3 is 2.24 bits per heavy atom. The van der Waals surface area contributed by atoms with Crippen molar-refractivity contribution in [2.75, 3.05) is 0 Å². The van der Waals surface area contributed by atoms with Gasteiger partial charge in [0.2, 0.25) is 0 Å². The molecule has 0 bridgehead atoms. The van der Waals surface area contributed by atoms with Gasteiger partial charge in [0.1, 0.15) is 11.2 Å². The standard InChI is InChI=1S/C12H15BrFNO2/c1-11(2,14)7-12(15,10(16)17)8-3-5-9(13)6-4-8/h3-6H,7,15H2,1-2H3,(H,16,17)/t12-/m1/s1. The molecule has 0 aliphatic heterocycles. The van der Waals surface area contributed by atoms with Gasteiger partial charge in [0.05, 0.1) is 0 Å². The second kappa shape index (κ2) is 4.74. The largest absolute Gasteiger partial charge is 0.480 e. The van der Waals surface area contributed by atoms with Crippen LogP contribution in [0.25, 0.3) is 0 Å². The number of hydrogen-bond donors (Lipinski definition) is 2. The quantitative estimate of drug-likeness (QED) is 0.899. The molecule has 1 rings (SSSR count). The Kier molecular flexibility index (Phi) is 3.94. The third-order valence-electron chi connectivity index (χ3n) is 2.44. The number of aliphatic carboxylic acids is 1. The first kappa shape index (κ1) is 14.1. The molecule has 1 aromatic rings. The molecule has 17 heavy (non-hydrogen) atoms. The van der Waals surface area contributed by atoms with Crippen LogP contribution in [0.15, 0.2) is 28.7 Å². The SMILES string of the molecule is CC(C)(F)C[C@](N)(C(=O)O)c1ccc(Br)cc1. The lowest BCUT2D eigenvalue weighted by atomic mass is 9.82. The van der Waals surface area contributed by atoms with Gasteiger partial charge in [0.15, 0.2) is 0 Å². The lowest BCUT2D eigenvalue weighted by Crippen LogP contribution is -2.48. The fraction of sp³-hybridized carbons (Fsp3) is 0.417. The first-order chi connectivity index (χ1) is 7.65. The van der Waals surface area contributed by atoms with Gasteiger partial charge in [-0.25, -0.2) is 9.18 Å². The lowest BCUT2D eigenvalue weighted by Gasteiger charge is -2.30. The minimum absolute atomic E-state index is 0.281. The van der Waals surface area contributed by atoms with Gasteiger partial charge in [0.25, 0.3) is 0 Å². The van der Waals surface area contributed by atoms with Crippen molar-refractivity contribution < 1.29 is 14.3 Å². The summed E-state index contributed by atoms with van der Waals surface area (Å²) in [7, 11) is 0. The predicted octanol–water partition coefficient (Wildman–Crippen LogP) is 2.83. The fourth-order valence-electron chi connectivity index (χ4n) is 1.71. The van der Waals surface area contributed by atoms with Crippen molar-refractivity contribution in [1.29, 1.82) is 0 Å². The average Bonchev–Trinajstić information content (AvgIpc) is 2.15. The van der Waals surface area contributed by atoms with Crippen molar-refractivity contribution in [2.45, 2.75) is 31.5 Å². The molecule has 3 N–H and O–H groups in total. The Balaban J connectivity index is 3.16. The molecule has 0 saturated heterocycles. The highest BCUT2D eigenvalue weighted by atomic mass is 79.9. The molecule has 0 heterocycles. The van der Waals surface area contributed by atoms with Crippen LogP contribution in [0.2, 0.25) is 0 Å². The number of carboxylic acids is 1. The van der Waals surface area contributed by atoms with Gasteiger partial charge in [-0.2, -0.15) is 0 Å². The molecular formula is C12H15BrFNO2. The minimum atomic E-state index is -1.71. The summed E-state index contributed by atoms with van der Waals surface area (Å²) < 4.78 is 14.5. The third kappa shape index (κ3) is 3.51. The molecule has 1 atom stereocenters. The molecule has 0 saturated carbocycles. The topological polar surface area (TPSA) is 63.3 Å². The molecule has 1 aromatic carbocycles. The minimum Gasteiger partial charge on any atom is -0.480 e. The number of halogens is 2. The Hall–Kier alpha value is -0.940. The summed E-state index contributed by atoms with van der Waals surface area (Å²) >= 11 is 3.25. The zero-order chi connectivity index (χ0) is 13.3. The van der Waals surface area contributed by atoms with Gasteiger partial charge in [0, 0.05) is 10.9 Å². The van der Waals surface area contributed by atoms with E-state index in [2.05, 4.69) is 15.9 Å². The monoisotopic (exact) mass is 303 g/mol. The van der Waals surface area contributed by atoms with E-state index in [4.69, 9.17) is 5.73 Å². The van der Waals surface area contributed by atoms with E-state index < -0.39 is 17.2 Å². The van der Waals surface area contributed by atoms with Crippen molar-refractivity contribution in [3.8, 4) is 0 Å². The van der Waals surface area contributed by atoms with Crippen molar-refractivity contribution in [3.05, 3.63) is 34.3 Å². The second-order valence-corrected chi connectivity index (χ2v) is 5.59. The highest BCUT2D eigenvalue weighted by Gasteiger charge is 2.41. The van der Waals surface area contributed by atoms with Crippen LogP contribution in [0.4, 0.5) is 4.39 Å². The Morgan fingerprint density at radius 1 is 1.41 bits per heavy atom. The van der Waals surface area contributed by atoms with Crippen LogP contribution < -0.4 is 5.73 Å². The van der Waals surface area contributed by atoms with E-state index in [9.17, 15) is 14.3 Å². The van der Waals surface area contributed by atoms with E-state index in [-0.39, 0.29) is 6.42 Å². The number of carbonyl (C=O) groups is 1. The van der Waals surface area contributed by atoms with E-state index in [1.54, 1.807) is 24.3 Å². The second-order valence-electron chi connectivity index (χ2n) is 4.68. The van der Waals surface area contributed by atoms with Crippen LogP contribution in [-0.2, 0) is 10.3 Å². The first-order valence-corrected chi connectivity index (χ1v) is 5.92. The number of nitrogens with two attached hydrogens (primary N) is 1. The zero-order valence-electron chi connectivity index (χ0n) is 9.71. The number of rotatable bonds is 4. The summed E-state index contributed by atoms with van der Waals surface area (Å²) in [6.45, 7) is 2.63. The van der Waals surface area contributed by atoms with Gasteiger partial charge in [-0.1, -0.05) is 28.1 Å². The molecule has 0 aliphatic rings. The van der Waals surface area contributed by atoms with Crippen LogP contribution in [0, 0.1) is 0 Å². The van der Waals surface area contributed by atoms with Gasteiger partial charge < -0.3 is 10.8 Å². The van der Waals surface area contributed by atoms with Crippen LogP contribution in [-0.4, -0.2) is 16.7 Å². The molecule has 0 spiro atoms. The highest BCUT2D eigenvalue weighted by Crippen LogP contribution is 2.31. The molecule has 0 fully saturated rings. The number of hydrogen-bond acceptors (Lipinski definition) is 2. The van der Waals surface area contributed by atoms with Crippen molar-refractivity contribution in [2.24, 2.45) is 5.73 Å². The summed E-state index contributed by atoms with van der Waals surface area (Å²) in [6.07, 6.45) is -0.281. The molecule has 94 valence electrons. The van der Waals surface area contributed by atoms with Gasteiger partial charge in [-0.3, -0.25) is 0 Å². The molecule has 0 amide bonds. The van der Waals surface area contributed by atoms with E-state index in [1.807, 2.05) is 0 Å². The Morgan fingerprint density at radius 2 is 1.88 bits per heavy atom. The summed E-state index contributed by atoms with van der Waals surface area (Å²) in [5, 5.41) is 9.22. The Labute approximate surface area is 108 Å². The highest BCUT2D eigenvalue weighted by molar-refractivity contribution is 9.10. The molecule has 5 heteroatoms. The molecule has 0 aromatic heterocycles. The van der Waals surface area contributed by atoms with Crippen molar-refractivity contribution in [3.63, 3.8) is 0 Å². The van der Waals surface area contributed by atoms with Gasteiger partial charge in [-0.15, -0.1) is 0 Å². The summed E-state index contributed by atoms with van der Waals surface area (Å²) in [5.74, 6) is -1.23. The molecule has 0 radical (unpaired) electrons. The van der Waals surface area contributed by atoms with Crippen LogP contribution >= 0.6 is 15.9 Å². The predicted molar refractivity (Wildman–Crippen MR) is 67.4 cm³/mol. The smallest absolute Gasteiger partial charge is 0.328 e. The maximum Gasteiger partial charge on any atom is 0.328 e. The van der Waals surface area contributed by atoms with Crippen molar-refractivity contribution in [1.82, 2.24) is 0 Å². The van der Waals surface area contributed by atoms with Crippen LogP contribution in [0.5, 0.6) is 0 Å². The van der Waals surface area contributed by atoms with E-state index in [0.29, 0.717) is 5.56 Å². The van der Waals surface area contributed by atoms with Gasteiger partial charge >= 0.3 is 5.97 Å². The summed E-state index contributed by atoms with van der Waals surface area (Å²) in [6, 6.07) is 6.55. The van der Waals surface area contributed by atoms with Gasteiger partial charge in [-0.05, 0) is 31.5 Å². The normalized spacial score (nSPS) is 15.4. The number of benzene rings is 1.